The molecule has 2 amide bonds. The minimum absolute atomic E-state index is 0.169. The zero-order chi connectivity index (χ0) is 16.2. The van der Waals surface area contributed by atoms with E-state index in [9.17, 15) is 4.79 Å². The van der Waals surface area contributed by atoms with Gasteiger partial charge in [0.25, 0.3) is 0 Å². The number of anilines is 2. The second kappa shape index (κ2) is 6.70. The molecule has 0 radical (unpaired) electrons. The number of nitrogen functional groups attached to an aromatic ring is 1. The summed E-state index contributed by atoms with van der Waals surface area (Å²) >= 11 is 6.06. The number of hydrogen-bond acceptors (Lipinski definition) is 5. The van der Waals surface area contributed by atoms with Gasteiger partial charge in [-0.1, -0.05) is 11.6 Å². The summed E-state index contributed by atoms with van der Waals surface area (Å²) in [7, 11) is 0. The van der Waals surface area contributed by atoms with Gasteiger partial charge in [-0.25, -0.2) is 14.8 Å². The number of halogens is 1. The molecule has 3 rings (SSSR count). The van der Waals surface area contributed by atoms with Gasteiger partial charge in [-0.05, 0) is 31.0 Å². The van der Waals surface area contributed by atoms with Gasteiger partial charge in [-0.2, -0.15) is 0 Å². The zero-order valence-electron chi connectivity index (χ0n) is 12.3. The highest BCUT2D eigenvalue weighted by Crippen LogP contribution is 2.30. The molecule has 0 bridgehead atoms. The number of aromatic nitrogens is 2. The van der Waals surface area contributed by atoms with Crippen LogP contribution in [0.4, 0.5) is 16.3 Å². The number of hydrogen-bond donors (Lipinski definition) is 2. The third kappa shape index (κ3) is 3.81. The Morgan fingerprint density at radius 1 is 1.26 bits per heavy atom. The van der Waals surface area contributed by atoms with Crippen molar-refractivity contribution in [1.29, 1.82) is 0 Å². The van der Waals surface area contributed by atoms with E-state index >= 15 is 0 Å². The van der Waals surface area contributed by atoms with E-state index in [0.29, 0.717) is 22.3 Å². The maximum Gasteiger partial charge on any atom is 0.323 e. The quantitative estimate of drug-likeness (QED) is 0.842. The summed E-state index contributed by atoms with van der Waals surface area (Å²) in [5, 5.41) is 3.12. The van der Waals surface area contributed by atoms with E-state index in [1.165, 1.54) is 6.33 Å². The maximum atomic E-state index is 12.1. The van der Waals surface area contributed by atoms with E-state index in [2.05, 4.69) is 15.3 Å². The number of urea groups is 1. The second-order valence-electron chi connectivity index (χ2n) is 5.16. The van der Waals surface area contributed by atoms with Crippen LogP contribution in [0.1, 0.15) is 12.8 Å². The number of carbonyl (C=O) groups is 1. The molecule has 8 heteroatoms. The zero-order valence-corrected chi connectivity index (χ0v) is 13.1. The van der Waals surface area contributed by atoms with Crippen molar-refractivity contribution >= 4 is 29.1 Å². The van der Waals surface area contributed by atoms with Gasteiger partial charge in [0.15, 0.2) is 0 Å². The van der Waals surface area contributed by atoms with Crippen LogP contribution in [0.2, 0.25) is 5.02 Å². The third-order valence-corrected chi connectivity index (χ3v) is 3.74. The van der Waals surface area contributed by atoms with Crippen molar-refractivity contribution in [3.63, 3.8) is 0 Å². The number of amides is 2. The van der Waals surface area contributed by atoms with Gasteiger partial charge in [0.2, 0.25) is 5.88 Å². The number of carbonyl (C=O) groups excluding carboxylic acids is 1. The first-order chi connectivity index (χ1) is 11.1. The fourth-order valence-electron chi connectivity index (χ4n) is 2.28. The van der Waals surface area contributed by atoms with Gasteiger partial charge in [0.05, 0.1) is 5.02 Å². The van der Waals surface area contributed by atoms with Gasteiger partial charge < -0.3 is 15.4 Å². The van der Waals surface area contributed by atoms with Gasteiger partial charge in [0.1, 0.15) is 17.9 Å². The van der Waals surface area contributed by atoms with Crippen molar-refractivity contribution < 1.29 is 9.53 Å². The van der Waals surface area contributed by atoms with E-state index in [1.807, 2.05) is 0 Å². The number of likely N-dealkylation sites (tertiary alicyclic amines) is 1. The van der Waals surface area contributed by atoms with Gasteiger partial charge in [-0.15, -0.1) is 0 Å². The lowest BCUT2D eigenvalue weighted by Gasteiger charge is -2.15. The van der Waals surface area contributed by atoms with Crippen molar-refractivity contribution in [2.75, 3.05) is 24.1 Å². The lowest BCUT2D eigenvalue weighted by Crippen LogP contribution is -2.32. The summed E-state index contributed by atoms with van der Waals surface area (Å²) in [5.74, 6) is 1.08. The largest absolute Gasteiger partial charge is 0.437 e. The molecule has 120 valence electrons. The predicted octanol–water partition coefficient (Wildman–Crippen LogP) is 3.13. The summed E-state index contributed by atoms with van der Waals surface area (Å²) in [5.41, 5.74) is 6.19. The SMILES string of the molecule is Nc1ccc(Oc2cc(NC(=O)N3CCCC3)ncn2)c(Cl)c1. The molecule has 0 atom stereocenters. The Kier molecular flexibility index (Phi) is 4.47. The summed E-state index contributed by atoms with van der Waals surface area (Å²) in [4.78, 5) is 21.8. The van der Waals surface area contributed by atoms with Crippen LogP contribution in [0.3, 0.4) is 0 Å². The lowest BCUT2D eigenvalue weighted by atomic mass is 10.3. The molecule has 1 aliphatic rings. The molecule has 1 saturated heterocycles. The fraction of sp³-hybridized carbons (Fsp3) is 0.267. The van der Waals surface area contributed by atoms with E-state index < -0.39 is 0 Å². The topological polar surface area (TPSA) is 93.4 Å². The standard InChI is InChI=1S/C15H16ClN5O2/c16-11-7-10(17)3-4-12(11)23-14-8-13(18-9-19-14)20-15(22)21-5-1-2-6-21/h3-4,7-9H,1-2,5-6,17H2,(H,18,19,20,22). The Morgan fingerprint density at radius 3 is 2.78 bits per heavy atom. The molecule has 3 N–H and O–H groups in total. The van der Waals surface area contributed by atoms with Gasteiger partial charge in [-0.3, -0.25) is 5.32 Å². The lowest BCUT2D eigenvalue weighted by molar-refractivity contribution is 0.222. The molecule has 2 heterocycles. The number of benzene rings is 1. The molecule has 2 aromatic rings. The molecule has 1 aromatic heterocycles. The maximum absolute atomic E-state index is 12.1. The van der Waals surface area contributed by atoms with Crippen molar-refractivity contribution in [2.24, 2.45) is 0 Å². The number of rotatable bonds is 3. The van der Waals surface area contributed by atoms with Crippen LogP contribution in [0.25, 0.3) is 0 Å². The minimum Gasteiger partial charge on any atom is -0.437 e. The van der Waals surface area contributed by atoms with E-state index in [4.69, 9.17) is 22.1 Å². The molecule has 1 fully saturated rings. The average molecular weight is 334 g/mol. The Labute approximate surface area is 138 Å². The summed E-state index contributed by atoms with van der Waals surface area (Å²) in [6.07, 6.45) is 3.38. The van der Waals surface area contributed by atoms with Crippen molar-refractivity contribution in [3.8, 4) is 11.6 Å². The number of ether oxygens (including phenoxy) is 1. The Bertz CT molecular complexity index is 719. The smallest absolute Gasteiger partial charge is 0.323 e. The van der Waals surface area contributed by atoms with E-state index in [-0.39, 0.29) is 11.9 Å². The van der Waals surface area contributed by atoms with Crippen LogP contribution in [-0.4, -0.2) is 34.0 Å². The van der Waals surface area contributed by atoms with Crippen molar-refractivity contribution in [2.45, 2.75) is 12.8 Å². The van der Waals surface area contributed by atoms with Crippen LogP contribution in [0.15, 0.2) is 30.6 Å². The van der Waals surface area contributed by atoms with Crippen LogP contribution in [0.5, 0.6) is 11.6 Å². The first-order valence-corrected chi connectivity index (χ1v) is 7.60. The summed E-state index contributed by atoms with van der Waals surface area (Å²) in [6.45, 7) is 1.53. The average Bonchev–Trinajstić information content (AvgIpc) is 3.05. The van der Waals surface area contributed by atoms with E-state index in [0.717, 1.165) is 25.9 Å². The molecule has 23 heavy (non-hydrogen) atoms. The molecule has 1 aliphatic heterocycles. The molecule has 0 aliphatic carbocycles. The monoisotopic (exact) mass is 333 g/mol. The van der Waals surface area contributed by atoms with E-state index in [1.54, 1.807) is 29.2 Å². The van der Waals surface area contributed by atoms with Gasteiger partial charge >= 0.3 is 6.03 Å². The van der Waals surface area contributed by atoms with Crippen LogP contribution in [-0.2, 0) is 0 Å². The van der Waals surface area contributed by atoms with Crippen molar-refractivity contribution in [3.05, 3.63) is 35.6 Å². The highest BCUT2D eigenvalue weighted by Gasteiger charge is 2.18. The molecule has 0 spiro atoms. The predicted molar refractivity (Wildman–Crippen MR) is 87.8 cm³/mol. The molecule has 1 aromatic carbocycles. The minimum atomic E-state index is -0.169. The molecular formula is C15H16ClN5O2. The highest BCUT2D eigenvalue weighted by molar-refractivity contribution is 6.32. The number of nitrogens with zero attached hydrogens (tertiary/aromatic N) is 3. The summed E-state index contributed by atoms with van der Waals surface area (Å²) in [6, 6.07) is 6.30. The Hall–Kier alpha value is -2.54. The van der Waals surface area contributed by atoms with Crippen LogP contribution in [0, 0.1) is 0 Å². The second-order valence-corrected chi connectivity index (χ2v) is 5.56. The molecular weight excluding hydrogens is 318 g/mol. The van der Waals surface area contributed by atoms with Crippen LogP contribution >= 0.6 is 11.6 Å². The normalized spacial score (nSPS) is 13.9. The van der Waals surface area contributed by atoms with Crippen molar-refractivity contribution in [1.82, 2.24) is 14.9 Å². The van der Waals surface area contributed by atoms with Gasteiger partial charge in [0, 0.05) is 24.8 Å². The Balaban J connectivity index is 1.70. The third-order valence-electron chi connectivity index (χ3n) is 3.44. The molecule has 0 saturated carbocycles. The first kappa shape index (κ1) is 15.4. The number of nitrogens with two attached hydrogens (primary N) is 1. The van der Waals surface area contributed by atoms with Crippen LogP contribution < -0.4 is 15.8 Å². The first-order valence-electron chi connectivity index (χ1n) is 7.23. The molecule has 0 unspecified atom stereocenters. The fourth-order valence-corrected chi connectivity index (χ4v) is 2.51. The molecule has 7 nitrogen and oxygen atoms in total. The summed E-state index contributed by atoms with van der Waals surface area (Å²) < 4.78 is 5.61. The number of nitrogens with one attached hydrogen (secondary N) is 1. The Morgan fingerprint density at radius 2 is 2.04 bits per heavy atom. The highest BCUT2D eigenvalue weighted by atomic mass is 35.5.